The van der Waals surface area contributed by atoms with Crippen LogP contribution in [0, 0.1) is 0 Å². The second-order valence-corrected chi connectivity index (χ2v) is 6.56. The summed E-state index contributed by atoms with van der Waals surface area (Å²) in [4.78, 5) is 6.95. The molecular weight excluding hydrogens is 361 g/mol. The van der Waals surface area contributed by atoms with E-state index in [1.54, 1.807) is 7.11 Å². The third-order valence-corrected chi connectivity index (χ3v) is 3.91. The lowest BCUT2D eigenvalue weighted by atomic mass is 10.2. The highest BCUT2D eigenvalue weighted by molar-refractivity contribution is 14.0. The summed E-state index contributed by atoms with van der Waals surface area (Å²) in [6, 6.07) is 0. The molecule has 108 valence electrons. The molecule has 6 heteroatoms. The largest absolute Gasteiger partial charge is 0.383 e. The molecule has 1 fully saturated rings. The summed E-state index contributed by atoms with van der Waals surface area (Å²) in [5, 5.41) is 3.36. The number of guanidine groups is 1. The molecule has 1 aliphatic rings. The molecule has 0 aromatic rings. The van der Waals surface area contributed by atoms with Gasteiger partial charge in [0, 0.05) is 37.2 Å². The molecule has 4 nitrogen and oxygen atoms in total. The number of halogens is 1. The highest BCUT2D eigenvalue weighted by Crippen LogP contribution is 2.29. The molecule has 1 N–H and O–H groups in total. The predicted octanol–water partition coefficient (Wildman–Crippen LogP) is 2.04. The summed E-state index contributed by atoms with van der Waals surface area (Å²) < 4.78 is 5.36. The van der Waals surface area contributed by atoms with Crippen molar-refractivity contribution in [2.45, 2.75) is 25.5 Å². The second kappa shape index (κ2) is 9.25. The van der Waals surface area contributed by atoms with E-state index >= 15 is 0 Å². The number of aliphatic imine (C=N–C) groups is 1. The van der Waals surface area contributed by atoms with E-state index in [1.807, 2.05) is 11.8 Å². The molecule has 1 rings (SSSR count). The number of ether oxygens (including phenoxy) is 1. The number of thioether (sulfide) groups is 1. The second-order valence-electron chi connectivity index (χ2n) is 4.76. The molecule has 0 bridgehead atoms. The van der Waals surface area contributed by atoms with Crippen molar-refractivity contribution in [3.63, 3.8) is 0 Å². The number of hydrogen-bond donors (Lipinski definition) is 1. The fraction of sp³-hybridized carbons (Fsp3) is 0.917. The topological polar surface area (TPSA) is 36.9 Å². The Kier molecular flexibility index (Phi) is 9.41. The minimum atomic E-state index is 0. The van der Waals surface area contributed by atoms with Crippen molar-refractivity contribution in [3.05, 3.63) is 0 Å². The first-order chi connectivity index (χ1) is 8.09. The molecule has 0 aromatic carbocycles. The van der Waals surface area contributed by atoms with Gasteiger partial charge in [0.25, 0.3) is 0 Å². The van der Waals surface area contributed by atoms with Crippen molar-refractivity contribution in [1.29, 1.82) is 0 Å². The van der Waals surface area contributed by atoms with Gasteiger partial charge in [0.15, 0.2) is 5.96 Å². The predicted molar refractivity (Wildman–Crippen MR) is 91.4 cm³/mol. The maximum atomic E-state index is 5.04. The van der Waals surface area contributed by atoms with Gasteiger partial charge in [-0.25, -0.2) is 0 Å². The highest BCUT2D eigenvalue weighted by Gasteiger charge is 2.28. The van der Waals surface area contributed by atoms with Crippen LogP contribution < -0.4 is 5.32 Å². The van der Waals surface area contributed by atoms with Crippen molar-refractivity contribution in [2.24, 2.45) is 4.99 Å². The Balaban J connectivity index is 0.00000289. The molecular formula is C12H26IN3OS. The van der Waals surface area contributed by atoms with Crippen LogP contribution in [0.3, 0.4) is 0 Å². The summed E-state index contributed by atoms with van der Waals surface area (Å²) in [5.74, 6) is 2.19. The van der Waals surface area contributed by atoms with Gasteiger partial charge in [-0.05, 0) is 20.8 Å². The monoisotopic (exact) mass is 387 g/mol. The lowest BCUT2D eigenvalue weighted by molar-refractivity contribution is 0.207. The fourth-order valence-corrected chi connectivity index (χ4v) is 2.98. The van der Waals surface area contributed by atoms with Crippen molar-refractivity contribution >= 4 is 41.7 Å². The Morgan fingerprint density at radius 2 is 2.22 bits per heavy atom. The maximum absolute atomic E-state index is 5.04. The van der Waals surface area contributed by atoms with E-state index in [1.165, 1.54) is 5.75 Å². The van der Waals surface area contributed by atoms with Gasteiger partial charge in [0.2, 0.25) is 0 Å². The Bertz CT molecular complexity index is 262. The Hall–Kier alpha value is 0.310. The molecule has 0 amide bonds. The van der Waals surface area contributed by atoms with Crippen LogP contribution in [-0.2, 0) is 4.74 Å². The minimum absolute atomic E-state index is 0. The van der Waals surface area contributed by atoms with Crippen molar-refractivity contribution < 1.29 is 4.74 Å². The Morgan fingerprint density at radius 1 is 1.50 bits per heavy atom. The zero-order valence-corrected chi connectivity index (χ0v) is 15.0. The molecule has 1 aliphatic heterocycles. The van der Waals surface area contributed by atoms with Gasteiger partial charge in [-0.1, -0.05) is 0 Å². The van der Waals surface area contributed by atoms with Crippen LogP contribution in [-0.4, -0.2) is 61.3 Å². The minimum Gasteiger partial charge on any atom is -0.383 e. The van der Waals surface area contributed by atoms with E-state index in [-0.39, 0.29) is 24.0 Å². The number of hydrogen-bond acceptors (Lipinski definition) is 3. The first-order valence-electron chi connectivity index (χ1n) is 6.25. The molecule has 1 saturated heterocycles. The van der Waals surface area contributed by atoms with Crippen LogP contribution in [0.15, 0.2) is 4.99 Å². The third kappa shape index (κ3) is 6.47. The van der Waals surface area contributed by atoms with Crippen LogP contribution in [0.25, 0.3) is 0 Å². The third-order valence-electron chi connectivity index (χ3n) is 2.62. The molecule has 0 aromatic heterocycles. The lowest BCUT2D eigenvalue weighted by Gasteiger charge is -2.39. The SMILES string of the molecule is CCNC(=NCCOC)N1CCSC(C)(C)C1.I. The fourth-order valence-electron chi connectivity index (χ4n) is 1.87. The summed E-state index contributed by atoms with van der Waals surface area (Å²) in [6.07, 6.45) is 0. The molecule has 0 saturated carbocycles. The smallest absolute Gasteiger partial charge is 0.194 e. The first kappa shape index (κ1) is 18.3. The molecule has 0 aliphatic carbocycles. The van der Waals surface area contributed by atoms with Gasteiger partial charge in [0.1, 0.15) is 0 Å². The van der Waals surface area contributed by atoms with E-state index in [4.69, 9.17) is 4.74 Å². The standard InChI is InChI=1S/C12H25N3OS.HI/c1-5-13-11(14-6-8-16-4)15-7-9-17-12(2,3)10-15;/h5-10H2,1-4H3,(H,13,14);1H. The maximum Gasteiger partial charge on any atom is 0.194 e. The summed E-state index contributed by atoms with van der Waals surface area (Å²) >= 11 is 2.04. The molecule has 0 radical (unpaired) electrons. The zero-order chi connectivity index (χ0) is 12.7. The van der Waals surface area contributed by atoms with Crippen molar-refractivity contribution in [1.82, 2.24) is 10.2 Å². The molecule has 0 spiro atoms. The lowest BCUT2D eigenvalue weighted by Crippen LogP contribution is -2.51. The van der Waals surface area contributed by atoms with Gasteiger partial charge >= 0.3 is 0 Å². The quantitative estimate of drug-likeness (QED) is 0.347. The summed E-state index contributed by atoms with van der Waals surface area (Å²) in [5.41, 5.74) is 0. The number of methoxy groups -OCH3 is 1. The highest BCUT2D eigenvalue weighted by atomic mass is 127. The van der Waals surface area contributed by atoms with Gasteiger partial charge < -0.3 is 15.0 Å². The van der Waals surface area contributed by atoms with Crippen LogP contribution >= 0.6 is 35.7 Å². The van der Waals surface area contributed by atoms with Crippen molar-refractivity contribution in [3.8, 4) is 0 Å². The molecule has 18 heavy (non-hydrogen) atoms. The number of nitrogens with zero attached hydrogens (tertiary/aromatic N) is 2. The number of rotatable bonds is 4. The van der Waals surface area contributed by atoms with Crippen LogP contribution in [0.5, 0.6) is 0 Å². The molecule has 1 heterocycles. The van der Waals surface area contributed by atoms with E-state index in [2.05, 4.69) is 36.0 Å². The Morgan fingerprint density at radius 3 is 2.78 bits per heavy atom. The van der Waals surface area contributed by atoms with Gasteiger partial charge in [-0.3, -0.25) is 4.99 Å². The molecule has 0 unspecified atom stereocenters. The van der Waals surface area contributed by atoms with Crippen molar-refractivity contribution in [2.75, 3.05) is 45.6 Å². The van der Waals surface area contributed by atoms with Gasteiger partial charge in [-0.15, -0.1) is 24.0 Å². The summed E-state index contributed by atoms with van der Waals surface area (Å²) in [7, 11) is 1.71. The zero-order valence-electron chi connectivity index (χ0n) is 11.9. The van der Waals surface area contributed by atoms with Crippen LogP contribution in [0.2, 0.25) is 0 Å². The van der Waals surface area contributed by atoms with E-state index < -0.39 is 0 Å². The van der Waals surface area contributed by atoms with E-state index in [0.29, 0.717) is 11.4 Å². The summed E-state index contributed by atoms with van der Waals surface area (Å²) in [6.45, 7) is 11.1. The van der Waals surface area contributed by atoms with E-state index in [0.717, 1.165) is 32.1 Å². The van der Waals surface area contributed by atoms with Crippen LogP contribution in [0.4, 0.5) is 0 Å². The van der Waals surface area contributed by atoms with Gasteiger partial charge in [-0.2, -0.15) is 11.8 Å². The first-order valence-corrected chi connectivity index (χ1v) is 7.24. The normalized spacial score (nSPS) is 19.3. The Labute approximate surface area is 132 Å². The van der Waals surface area contributed by atoms with Crippen LogP contribution in [0.1, 0.15) is 20.8 Å². The van der Waals surface area contributed by atoms with E-state index in [9.17, 15) is 0 Å². The average Bonchev–Trinajstić information content (AvgIpc) is 2.27. The average molecular weight is 387 g/mol. The number of nitrogens with one attached hydrogen (secondary N) is 1. The molecule has 0 atom stereocenters. The van der Waals surface area contributed by atoms with Gasteiger partial charge in [0.05, 0.1) is 13.2 Å².